The zero-order chi connectivity index (χ0) is 31.9. The van der Waals surface area contributed by atoms with E-state index in [0.717, 1.165) is 71.9 Å². The molecule has 0 aliphatic heterocycles. The number of para-hydroxylation sites is 1. The summed E-state index contributed by atoms with van der Waals surface area (Å²) < 4.78 is 0. The van der Waals surface area contributed by atoms with Gasteiger partial charge in [-0.2, -0.15) is 0 Å². The van der Waals surface area contributed by atoms with Gasteiger partial charge in [-0.25, -0.2) is 29.9 Å². The standard InChI is InChI=1S/C42H26N6/c1-3-11-27(12-4-1)35-22-20-32-34(26-30-19-21-37(42-43-23-10-24-44-42)46-39(30)40(32)45-35)29-15-9-16-31(25-29)41-47-36-18-8-7-17-33(36)38(48-41)28-13-5-2-6-14-28/h1-26H. The van der Waals surface area contributed by atoms with E-state index in [-0.39, 0.29) is 0 Å². The Bertz CT molecular complexity index is 2610. The van der Waals surface area contributed by atoms with E-state index in [1.54, 1.807) is 18.5 Å². The van der Waals surface area contributed by atoms with Gasteiger partial charge in [-0.3, -0.25) is 0 Å². The Morgan fingerprint density at radius 1 is 0.375 bits per heavy atom. The molecule has 0 saturated heterocycles. The second kappa shape index (κ2) is 11.6. The number of rotatable bonds is 5. The monoisotopic (exact) mass is 614 g/mol. The summed E-state index contributed by atoms with van der Waals surface area (Å²) in [7, 11) is 0. The zero-order valence-corrected chi connectivity index (χ0v) is 25.7. The van der Waals surface area contributed by atoms with Crippen molar-refractivity contribution < 1.29 is 0 Å². The normalized spacial score (nSPS) is 11.3. The molecule has 9 aromatic rings. The number of hydrogen-bond donors (Lipinski definition) is 0. The molecule has 0 unspecified atom stereocenters. The highest BCUT2D eigenvalue weighted by molar-refractivity contribution is 6.11. The predicted octanol–water partition coefficient (Wildman–Crippen LogP) is 9.85. The fourth-order valence-corrected chi connectivity index (χ4v) is 6.28. The molecule has 5 aromatic carbocycles. The van der Waals surface area contributed by atoms with Crippen molar-refractivity contribution in [3.8, 4) is 56.5 Å². The molecule has 0 aliphatic carbocycles. The minimum atomic E-state index is 0.578. The molecular weight excluding hydrogens is 589 g/mol. The average Bonchev–Trinajstić information content (AvgIpc) is 3.18. The lowest BCUT2D eigenvalue weighted by Gasteiger charge is -2.14. The van der Waals surface area contributed by atoms with Crippen molar-refractivity contribution in [3.63, 3.8) is 0 Å². The smallest absolute Gasteiger partial charge is 0.178 e. The molecule has 0 atom stereocenters. The molecule has 0 N–H and O–H groups in total. The maximum Gasteiger partial charge on any atom is 0.178 e. The van der Waals surface area contributed by atoms with E-state index in [9.17, 15) is 0 Å². The first-order valence-corrected chi connectivity index (χ1v) is 15.8. The van der Waals surface area contributed by atoms with E-state index in [1.165, 1.54) is 0 Å². The van der Waals surface area contributed by atoms with Crippen molar-refractivity contribution in [2.75, 3.05) is 0 Å². The van der Waals surface area contributed by atoms with Crippen molar-refractivity contribution >= 4 is 32.7 Å². The van der Waals surface area contributed by atoms with Crippen LogP contribution in [-0.4, -0.2) is 29.9 Å². The number of nitrogens with zero attached hydrogens (tertiary/aromatic N) is 6. The van der Waals surface area contributed by atoms with Gasteiger partial charge in [0, 0.05) is 45.2 Å². The summed E-state index contributed by atoms with van der Waals surface area (Å²) in [5, 5.41) is 3.01. The summed E-state index contributed by atoms with van der Waals surface area (Å²) in [4.78, 5) is 29.3. The summed E-state index contributed by atoms with van der Waals surface area (Å²) in [6.45, 7) is 0. The van der Waals surface area contributed by atoms with Crippen LogP contribution in [0.15, 0.2) is 158 Å². The Morgan fingerprint density at radius 3 is 1.90 bits per heavy atom. The largest absolute Gasteiger partial charge is 0.245 e. The Kier molecular flexibility index (Phi) is 6.68. The van der Waals surface area contributed by atoms with E-state index in [0.29, 0.717) is 17.3 Å². The van der Waals surface area contributed by atoms with E-state index in [4.69, 9.17) is 19.9 Å². The first kappa shape index (κ1) is 27.6. The van der Waals surface area contributed by atoms with Crippen LogP contribution < -0.4 is 0 Å². The molecule has 6 nitrogen and oxygen atoms in total. The summed E-state index contributed by atoms with van der Waals surface area (Å²) >= 11 is 0. The van der Waals surface area contributed by atoms with Crippen LogP contribution >= 0.6 is 0 Å². The SMILES string of the molecule is c1ccc(-c2ccc3c(-c4cccc(-c5nc(-c6ccccc6)c6ccccc6n5)c4)cc4ccc(-c5ncccn5)nc4c3n2)cc1. The summed E-state index contributed by atoms with van der Waals surface area (Å²) in [5.41, 5.74) is 10.2. The lowest BCUT2D eigenvalue weighted by atomic mass is 9.95. The quantitative estimate of drug-likeness (QED) is 0.180. The summed E-state index contributed by atoms with van der Waals surface area (Å²) in [6.07, 6.45) is 3.46. The van der Waals surface area contributed by atoms with Crippen molar-refractivity contribution in [3.05, 3.63) is 158 Å². The van der Waals surface area contributed by atoms with E-state index in [2.05, 4.69) is 88.8 Å². The number of fused-ring (bicyclic) bond motifs is 4. The van der Waals surface area contributed by atoms with Crippen molar-refractivity contribution in [1.29, 1.82) is 0 Å². The molecule has 0 bridgehead atoms. The third kappa shape index (κ3) is 4.93. The second-order valence-electron chi connectivity index (χ2n) is 11.6. The fraction of sp³-hybridized carbons (Fsp3) is 0. The van der Waals surface area contributed by atoms with Gasteiger partial charge >= 0.3 is 0 Å². The van der Waals surface area contributed by atoms with E-state index >= 15 is 0 Å². The second-order valence-corrected chi connectivity index (χ2v) is 11.6. The predicted molar refractivity (Wildman–Crippen MR) is 193 cm³/mol. The van der Waals surface area contributed by atoms with Gasteiger partial charge in [0.05, 0.1) is 27.9 Å². The Morgan fingerprint density at radius 2 is 1.06 bits per heavy atom. The molecule has 4 aromatic heterocycles. The first-order chi connectivity index (χ1) is 23.8. The highest BCUT2D eigenvalue weighted by Gasteiger charge is 2.16. The molecule has 6 heteroatoms. The minimum absolute atomic E-state index is 0.578. The third-order valence-corrected chi connectivity index (χ3v) is 8.58. The van der Waals surface area contributed by atoms with Gasteiger partial charge in [0.15, 0.2) is 11.6 Å². The molecule has 0 radical (unpaired) electrons. The van der Waals surface area contributed by atoms with Crippen molar-refractivity contribution in [2.24, 2.45) is 0 Å². The Balaban J connectivity index is 1.25. The lowest BCUT2D eigenvalue weighted by Crippen LogP contribution is -1.96. The molecule has 224 valence electrons. The third-order valence-electron chi connectivity index (χ3n) is 8.58. The van der Waals surface area contributed by atoms with Crippen molar-refractivity contribution in [2.45, 2.75) is 0 Å². The number of pyridine rings is 2. The van der Waals surface area contributed by atoms with Crippen LogP contribution in [-0.2, 0) is 0 Å². The zero-order valence-electron chi connectivity index (χ0n) is 25.7. The lowest BCUT2D eigenvalue weighted by molar-refractivity contribution is 1.15. The van der Waals surface area contributed by atoms with E-state index in [1.807, 2.05) is 60.7 Å². The highest BCUT2D eigenvalue weighted by Crippen LogP contribution is 2.37. The molecule has 0 saturated carbocycles. The van der Waals surface area contributed by atoms with E-state index < -0.39 is 0 Å². The topological polar surface area (TPSA) is 77.3 Å². The van der Waals surface area contributed by atoms with Gasteiger partial charge in [-0.15, -0.1) is 0 Å². The van der Waals surface area contributed by atoms with Crippen LogP contribution in [0.5, 0.6) is 0 Å². The molecule has 48 heavy (non-hydrogen) atoms. The maximum absolute atomic E-state index is 5.23. The van der Waals surface area contributed by atoms with Gasteiger partial charge in [-0.1, -0.05) is 103 Å². The molecular formula is C42H26N6. The van der Waals surface area contributed by atoms with Crippen LogP contribution in [0.4, 0.5) is 0 Å². The minimum Gasteiger partial charge on any atom is -0.245 e. The Hall–Kier alpha value is -6.66. The number of aromatic nitrogens is 6. The molecule has 0 aliphatic rings. The first-order valence-electron chi connectivity index (χ1n) is 15.8. The van der Waals surface area contributed by atoms with Gasteiger partial charge in [0.25, 0.3) is 0 Å². The van der Waals surface area contributed by atoms with Crippen molar-refractivity contribution in [1.82, 2.24) is 29.9 Å². The van der Waals surface area contributed by atoms with Crippen LogP contribution in [0.3, 0.4) is 0 Å². The van der Waals surface area contributed by atoms with Gasteiger partial charge in [0.1, 0.15) is 5.69 Å². The number of benzene rings is 5. The van der Waals surface area contributed by atoms with Crippen LogP contribution in [0.1, 0.15) is 0 Å². The van der Waals surface area contributed by atoms with Crippen LogP contribution in [0, 0.1) is 0 Å². The van der Waals surface area contributed by atoms with Gasteiger partial charge in [0.2, 0.25) is 0 Å². The average molecular weight is 615 g/mol. The van der Waals surface area contributed by atoms with Gasteiger partial charge < -0.3 is 0 Å². The van der Waals surface area contributed by atoms with Crippen LogP contribution in [0.25, 0.3) is 89.3 Å². The van der Waals surface area contributed by atoms with Crippen LogP contribution in [0.2, 0.25) is 0 Å². The summed E-state index contributed by atoms with van der Waals surface area (Å²) in [5.74, 6) is 1.26. The summed E-state index contributed by atoms with van der Waals surface area (Å²) in [6, 6.07) is 49.4. The molecule has 9 rings (SSSR count). The fourth-order valence-electron chi connectivity index (χ4n) is 6.28. The van der Waals surface area contributed by atoms with Gasteiger partial charge in [-0.05, 0) is 53.6 Å². The molecule has 0 amide bonds. The molecule has 0 spiro atoms. The molecule has 0 fully saturated rings. The maximum atomic E-state index is 5.23. The highest BCUT2D eigenvalue weighted by atomic mass is 14.9. The number of hydrogen-bond acceptors (Lipinski definition) is 6. The Labute approximate surface area is 276 Å². The molecule has 4 heterocycles.